The van der Waals surface area contributed by atoms with E-state index >= 15 is 0 Å². The third-order valence-electron chi connectivity index (χ3n) is 3.38. The molecule has 0 radical (unpaired) electrons. The molecule has 3 nitrogen and oxygen atoms in total. The molecular formula is C17H18N2O. The number of anilines is 1. The molecule has 1 N–H and O–H groups in total. The van der Waals surface area contributed by atoms with Crippen LogP contribution in [-0.4, -0.2) is 11.5 Å². The summed E-state index contributed by atoms with van der Waals surface area (Å²) in [6.45, 7) is 4.96. The second-order valence-electron chi connectivity index (χ2n) is 5.07. The van der Waals surface area contributed by atoms with E-state index in [0.29, 0.717) is 0 Å². The van der Waals surface area contributed by atoms with Gasteiger partial charge in [-0.2, -0.15) is 0 Å². The minimum atomic E-state index is 0.780. The number of hydrogen-bond acceptors (Lipinski definition) is 3. The minimum absolute atomic E-state index is 0.780. The molecule has 0 unspecified atom stereocenters. The van der Waals surface area contributed by atoms with Gasteiger partial charge in [-0.05, 0) is 37.6 Å². The standard InChI is InChI=1S/C17H18N2O/c1-12-6-8-14(9-7-12)18-11-10-16-19-17-13(2)4-3-5-15(17)20-16/h3-9,18H,10-11H2,1-2H3. The second kappa shape index (κ2) is 5.37. The molecule has 1 aromatic heterocycles. The summed E-state index contributed by atoms with van der Waals surface area (Å²) in [5.41, 5.74) is 5.39. The molecule has 20 heavy (non-hydrogen) atoms. The number of aryl methyl sites for hydroxylation is 2. The van der Waals surface area contributed by atoms with E-state index in [0.717, 1.165) is 41.2 Å². The first kappa shape index (κ1) is 12.7. The van der Waals surface area contributed by atoms with Gasteiger partial charge in [0.25, 0.3) is 0 Å². The van der Waals surface area contributed by atoms with Gasteiger partial charge in [0.15, 0.2) is 11.5 Å². The molecule has 0 aliphatic heterocycles. The Hall–Kier alpha value is -2.29. The van der Waals surface area contributed by atoms with E-state index < -0.39 is 0 Å². The summed E-state index contributed by atoms with van der Waals surface area (Å²) in [5.74, 6) is 0.786. The Kier molecular flexibility index (Phi) is 3.42. The molecule has 1 heterocycles. The molecule has 0 spiro atoms. The summed E-state index contributed by atoms with van der Waals surface area (Å²) < 4.78 is 5.75. The van der Waals surface area contributed by atoms with Crippen LogP contribution >= 0.6 is 0 Å². The first-order valence-corrected chi connectivity index (χ1v) is 6.88. The fraction of sp³-hybridized carbons (Fsp3) is 0.235. The number of hydrogen-bond donors (Lipinski definition) is 1. The molecule has 0 atom stereocenters. The second-order valence-corrected chi connectivity index (χ2v) is 5.07. The fourth-order valence-electron chi connectivity index (χ4n) is 2.22. The molecule has 0 fully saturated rings. The number of fused-ring (bicyclic) bond motifs is 1. The predicted octanol–water partition coefficient (Wildman–Crippen LogP) is 4.10. The number of rotatable bonds is 4. The Morgan fingerprint density at radius 1 is 1.05 bits per heavy atom. The van der Waals surface area contributed by atoms with E-state index in [-0.39, 0.29) is 0 Å². The van der Waals surface area contributed by atoms with E-state index in [4.69, 9.17) is 4.42 Å². The molecule has 2 aromatic carbocycles. The van der Waals surface area contributed by atoms with Crippen molar-refractivity contribution in [2.45, 2.75) is 20.3 Å². The van der Waals surface area contributed by atoms with Gasteiger partial charge in [0.05, 0.1) is 0 Å². The molecular weight excluding hydrogens is 248 g/mol. The molecule has 3 heteroatoms. The maximum Gasteiger partial charge on any atom is 0.197 e. The van der Waals surface area contributed by atoms with Gasteiger partial charge in [-0.1, -0.05) is 29.8 Å². The average molecular weight is 266 g/mol. The Labute approximate surface area is 118 Å². The number of oxazole rings is 1. The van der Waals surface area contributed by atoms with E-state index in [1.54, 1.807) is 0 Å². The third kappa shape index (κ3) is 2.67. The molecule has 0 amide bonds. The van der Waals surface area contributed by atoms with Crippen molar-refractivity contribution < 1.29 is 4.42 Å². The lowest BCUT2D eigenvalue weighted by Crippen LogP contribution is -2.04. The lowest BCUT2D eigenvalue weighted by atomic mass is 10.2. The van der Waals surface area contributed by atoms with Crippen LogP contribution in [0.25, 0.3) is 11.1 Å². The first-order valence-electron chi connectivity index (χ1n) is 6.88. The largest absolute Gasteiger partial charge is 0.441 e. The highest BCUT2D eigenvalue weighted by Crippen LogP contribution is 2.19. The smallest absolute Gasteiger partial charge is 0.197 e. The molecule has 0 bridgehead atoms. The van der Waals surface area contributed by atoms with Crippen LogP contribution in [0.15, 0.2) is 46.9 Å². The van der Waals surface area contributed by atoms with Gasteiger partial charge in [-0.3, -0.25) is 0 Å². The summed E-state index contributed by atoms with van der Waals surface area (Å²) in [5, 5.41) is 3.38. The molecule has 102 valence electrons. The molecule has 0 saturated heterocycles. The molecule has 0 aliphatic carbocycles. The molecule has 0 aliphatic rings. The van der Waals surface area contributed by atoms with Gasteiger partial charge in [0.2, 0.25) is 0 Å². The average Bonchev–Trinajstić information content (AvgIpc) is 2.85. The van der Waals surface area contributed by atoms with Crippen LogP contribution in [0.3, 0.4) is 0 Å². The van der Waals surface area contributed by atoms with Crippen molar-refractivity contribution in [3.05, 3.63) is 59.5 Å². The van der Waals surface area contributed by atoms with E-state index in [1.165, 1.54) is 5.56 Å². The van der Waals surface area contributed by atoms with Crippen molar-refractivity contribution in [1.82, 2.24) is 4.98 Å². The van der Waals surface area contributed by atoms with Crippen molar-refractivity contribution in [2.75, 3.05) is 11.9 Å². The predicted molar refractivity (Wildman–Crippen MR) is 82.1 cm³/mol. The fourth-order valence-corrected chi connectivity index (χ4v) is 2.22. The van der Waals surface area contributed by atoms with Crippen molar-refractivity contribution in [1.29, 1.82) is 0 Å². The third-order valence-corrected chi connectivity index (χ3v) is 3.38. The minimum Gasteiger partial charge on any atom is -0.441 e. The van der Waals surface area contributed by atoms with Crippen molar-refractivity contribution in [3.63, 3.8) is 0 Å². The number of nitrogens with one attached hydrogen (secondary N) is 1. The summed E-state index contributed by atoms with van der Waals surface area (Å²) >= 11 is 0. The number of para-hydroxylation sites is 1. The summed E-state index contributed by atoms with van der Waals surface area (Å²) in [6, 6.07) is 14.4. The molecule has 3 rings (SSSR count). The topological polar surface area (TPSA) is 38.1 Å². The lowest BCUT2D eigenvalue weighted by molar-refractivity contribution is 0.534. The first-order chi connectivity index (χ1) is 9.72. The monoisotopic (exact) mass is 266 g/mol. The van der Waals surface area contributed by atoms with Gasteiger partial charge >= 0.3 is 0 Å². The molecule has 3 aromatic rings. The van der Waals surface area contributed by atoms with Gasteiger partial charge in [-0.25, -0.2) is 4.98 Å². The van der Waals surface area contributed by atoms with Crippen LogP contribution in [0.1, 0.15) is 17.0 Å². The summed E-state index contributed by atoms with van der Waals surface area (Å²) in [7, 11) is 0. The van der Waals surface area contributed by atoms with Crippen molar-refractivity contribution in [3.8, 4) is 0 Å². The zero-order valence-corrected chi connectivity index (χ0v) is 11.8. The highest BCUT2D eigenvalue weighted by Gasteiger charge is 2.06. The van der Waals surface area contributed by atoms with Gasteiger partial charge < -0.3 is 9.73 Å². The summed E-state index contributed by atoms with van der Waals surface area (Å²) in [6.07, 6.45) is 0.780. The molecule has 0 saturated carbocycles. The normalized spacial score (nSPS) is 10.9. The Morgan fingerprint density at radius 2 is 1.85 bits per heavy atom. The van der Waals surface area contributed by atoms with Gasteiger partial charge in [0.1, 0.15) is 5.52 Å². The van der Waals surface area contributed by atoms with Crippen molar-refractivity contribution >= 4 is 16.8 Å². The lowest BCUT2D eigenvalue weighted by Gasteiger charge is -2.04. The quantitative estimate of drug-likeness (QED) is 0.772. The van der Waals surface area contributed by atoms with E-state index in [9.17, 15) is 0 Å². The Bertz CT molecular complexity index is 713. The van der Waals surface area contributed by atoms with Crippen LogP contribution in [0.2, 0.25) is 0 Å². The number of benzene rings is 2. The van der Waals surface area contributed by atoms with E-state index in [2.05, 4.69) is 54.5 Å². The van der Waals surface area contributed by atoms with Crippen molar-refractivity contribution in [2.24, 2.45) is 0 Å². The van der Waals surface area contributed by atoms with Crippen LogP contribution in [0, 0.1) is 13.8 Å². The van der Waals surface area contributed by atoms with E-state index in [1.807, 2.05) is 12.1 Å². The Balaban J connectivity index is 1.65. The van der Waals surface area contributed by atoms with Crippen LogP contribution in [-0.2, 0) is 6.42 Å². The van der Waals surface area contributed by atoms with Gasteiger partial charge in [-0.15, -0.1) is 0 Å². The maximum absolute atomic E-state index is 5.75. The maximum atomic E-state index is 5.75. The summed E-state index contributed by atoms with van der Waals surface area (Å²) in [4.78, 5) is 4.55. The Morgan fingerprint density at radius 3 is 2.60 bits per heavy atom. The SMILES string of the molecule is Cc1ccc(NCCc2nc3c(C)cccc3o2)cc1. The van der Waals surface area contributed by atoms with Crippen LogP contribution in [0.4, 0.5) is 5.69 Å². The zero-order chi connectivity index (χ0) is 13.9. The highest BCUT2D eigenvalue weighted by atomic mass is 16.3. The highest BCUT2D eigenvalue weighted by molar-refractivity contribution is 5.76. The van der Waals surface area contributed by atoms with Gasteiger partial charge in [0, 0.05) is 18.7 Å². The number of aromatic nitrogens is 1. The van der Waals surface area contributed by atoms with Crippen LogP contribution in [0.5, 0.6) is 0 Å². The zero-order valence-electron chi connectivity index (χ0n) is 11.8. The van der Waals surface area contributed by atoms with Crippen LogP contribution < -0.4 is 5.32 Å². The number of nitrogens with zero attached hydrogens (tertiary/aromatic N) is 1.